The van der Waals surface area contributed by atoms with E-state index in [0.29, 0.717) is 31.5 Å². The van der Waals surface area contributed by atoms with E-state index in [1.807, 2.05) is 12.1 Å². The van der Waals surface area contributed by atoms with E-state index in [4.69, 9.17) is 0 Å². The molecule has 1 aromatic carbocycles. The summed E-state index contributed by atoms with van der Waals surface area (Å²) in [5.74, 6) is -0.0427. The van der Waals surface area contributed by atoms with E-state index in [0.717, 1.165) is 18.4 Å². The van der Waals surface area contributed by atoms with E-state index >= 15 is 0 Å². The highest BCUT2D eigenvalue weighted by Gasteiger charge is 2.08. The first-order chi connectivity index (χ1) is 11.4. The topological polar surface area (TPSA) is 78.5 Å². The van der Waals surface area contributed by atoms with Crippen LogP contribution in [0.1, 0.15) is 42.1 Å². The van der Waals surface area contributed by atoms with Crippen molar-refractivity contribution in [3.63, 3.8) is 0 Å². The highest BCUT2D eigenvalue weighted by molar-refractivity contribution is 5.93. The fourth-order valence-electron chi connectivity index (χ4n) is 2.16. The Hall–Kier alpha value is -2.37. The molecular formula is C18H27N3O3. The second-order valence-corrected chi connectivity index (χ2v) is 5.94. The van der Waals surface area contributed by atoms with Crippen LogP contribution < -0.4 is 10.6 Å². The number of benzene rings is 1. The maximum absolute atomic E-state index is 11.8. The summed E-state index contributed by atoms with van der Waals surface area (Å²) in [7, 11) is 3.44. The Kier molecular flexibility index (Phi) is 8.54. The third-order valence-electron chi connectivity index (χ3n) is 3.55. The van der Waals surface area contributed by atoms with Crippen molar-refractivity contribution in [3.05, 3.63) is 35.4 Å². The zero-order chi connectivity index (χ0) is 17.9. The molecule has 0 aliphatic heterocycles. The predicted octanol–water partition coefficient (Wildman–Crippen LogP) is 1.35. The molecule has 0 heterocycles. The zero-order valence-electron chi connectivity index (χ0n) is 14.7. The number of unbranched alkanes of at least 4 members (excludes halogenated alkanes) is 1. The van der Waals surface area contributed by atoms with E-state index in [-0.39, 0.29) is 17.7 Å². The average Bonchev–Trinajstić information content (AvgIpc) is 2.55. The molecule has 3 amide bonds. The minimum absolute atomic E-state index is 0.0166. The van der Waals surface area contributed by atoms with Crippen molar-refractivity contribution in [3.8, 4) is 0 Å². The van der Waals surface area contributed by atoms with E-state index < -0.39 is 0 Å². The van der Waals surface area contributed by atoms with Crippen LogP contribution in [0.2, 0.25) is 0 Å². The van der Waals surface area contributed by atoms with Gasteiger partial charge in [-0.15, -0.1) is 0 Å². The second kappa shape index (κ2) is 10.4. The van der Waals surface area contributed by atoms with Gasteiger partial charge in [-0.25, -0.2) is 0 Å². The molecule has 132 valence electrons. The highest BCUT2D eigenvalue weighted by Crippen LogP contribution is 2.08. The molecular weight excluding hydrogens is 306 g/mol. The van der Waals surface area contributed by atoms with Gasteiger partial charge in [0.25, 0.3) is 5.91 Å². The van der Waals surface area contributed by atoms with Crippen molar-refractivity contribution in [1.29, 1.82) is 0 Å². The van der Waals surface area contributed by atoms with Gasteiger partial charge in [0.2, 0.25) is 11.8 Å². The number of amides is 3. The number of hydrogen-bond donors (Lipinski definition) is 2. The van der Waals surface area contributed by atoms with Crippen molar-refractivity contribution in [2.75, 3.05) is 27.2 Å². The quantitative estimate of drug-likeness (QED) is 0.670. The third-order valence-corrected chi connectivity index (χ3v) is 3.55. The summed E-state index contributed by atoms with van der Waals surface area (Å²) in [4.78, 5) is 35.8. The molecule has 0 bridgehead atoms. The van der Waals surface area contributed by atoms with E-state index in [1.54, 1.807) is 26.2 Å². The molecule has 0 atom stereocenters. The van der Waals surface area contributed by atoms with Gasteiger partial charge in [0.15, 0.2) is 0 Å². The number of carbonyl (C=O) groups excluding carboxylic acids is 3. The smallest absolute Gasteiger partial charge is 0.253 e. The predicted molar refractivity (Wildman–Crippen MR) is 93.7 cm³/mol. The van der Waals surface area contributed by atoms with Crippen molar-refractivity contribution < 1.29 is 14.4 Å². The molecule has 6 heteroatoms. The van der Waals surface area contributed by atoms with Gasteiger partial charge in [-0.1, -0.05) is 12.1 Å². The summed E-state index contributed by atoms with van der Waals surface area (Å²) in [6, 6.07) is 7.35. The van der Waals surface area contributed by atoms with Crippen molar-refractivity contribution in [2.24, 2.45) is 0 Å². The van der Waals surface area contributed by atoms with Crippen LogP contribution in [0.25, 0.3) is 0 Å². The minimum Gasteiger partial charge on any atom is -0.356 e. The molecule has 0 fully saturated rings. The molecule has 1 rings (SSSR count). The van der Waals surface area contributed by atoms with Gasteiger partial charge in [-0.05, 0) is 37.0 Å². The fraction of sp³-hybridized carbons (Fsp3) is 0.500. The molecule has 0 aliphatic rings. The standard InChI is InChI=1S/C18H27N3O3/c1-14(22)19-12-4-5-13-20-17(23)11-8-15-6-9-16(10-7-15)18(24)21(2)3/h6-7,9-10H,4-5,8,11-13H2,1-3H3,(H,19,22)(H,20,23). The van der Waals surface area contributed by atoms with Crippen LogP contribution in [0.5, 0.6) is 0 Å². The average molecular weight is 333 g/mol. The highest BCUT2D eigenvalue weighted by atomic mass is 16.2. The molecule has 0 aromatic heterocycles. The van der Waals surface area contributed by atoms with E-state index in [2.05, 4.69) is 10.6 Å². The van der Waals surface area contributed by atoms with Crippen LogP contribution in [0.4, 0.5) is 0 Å². The Labute approximate surface area is 143 Å². The number of rotatable bonds is 9. The lowest BCUT2D eigenvalue weighted by atomic mass is 10.1. The van der Waals surface area contributed by atoms with Crippen LogP contribution in [0.3, 0.4) is 0 Å². The second-order valence-electron chi connectivity index (χ2n) is 5.94. The molecule has 0 spiro atoms. The third kappa shape index (κ3) is 7.76. The zero-order valence-corrected chi connectivity index (χ0v) is 14.7. The Morgan fingerprint density at radius 2 is 1.54 bits per heavy atom. The van der Waals surface area contributed by atoms with E-state index in [1.165, 1.54) is 11.8 Å². The molecule has 0 aliphatic carbocycles. The first kappa shape index (κ1) is 19.7. The van der Waals surface area contributed by atoms with E-state index in [9.17, 15) is 14.4 Å². The number of nitrogens with zero attached hydrogens (tertiary/aromatic N) is 1. The number of carbonyl (C=O) groups is 3. The van der Waals surface area contributed by atoms with Crippen LogP contribution >= 0.6 is 0 Å². The number of hydrogen-bond acceptors (Lipinski definition) is 3. The first-order valence-electron chi connectivity index (χ1n) is 8.22. The van der Waals surface area contributed by atoms with Gasteiger partial charge in [0.05, 0.1) is 0 Å². The summed E-state index contributed by atoms with van der Waals surface area (Å²) in [6.45, 7) is 2.75. The summed E-state index contributed by atoms with van der Waals surface area (Å²) < 4.78 is 0. The van der Waals surface area contributed by atoms with Gasteiger partial charge in [-0.2, -0.15) is 0 Å². The molecule has 24 heavy (non-hydrogen) atoms. The van der Waals surface area contributed by atoms with Crippen molar-refractivity contribution in [1.82, 2.24) is 15.5 Å². The van der Waals surface area contributed by atoms with Gasteiger partial charge in [0, 0.05) is 46.1 Å². The van der Waals surface area contributed by atoms with Crippen LogP contribution in [-0.2, 0) is 16.0 Å². The molecule has 0 saturated carbocycles. The Morgan fingerprint density at radius 3 is 2.08 bits per heavy atom. The summed E-state index contributed by atoms with van der Waals surface area (Å²) >= 11 is 0. The Balaban J connectivity index is 2.22. The number of nitrogens with one attached hydrogen (secondary N) is 2. The van der Waals surface area contributed by atoms with Gasteiger partial charge in [-0.3, -0.25) is 14.4 Å². The van der Waals surface area contributed by atoms with Crippen molar-refractivity contribution in [2.45, 2.75) is 32.6 Å². The molecule has 2 N–H and O–H groups in total. The van der Waals surface area contributed by atoms with Gasteiger partial charge in [0.1, 0.15) is 0 Å². The largest absolute Gasteiger partial charge is 0.356 e. The first-order valence-corrected chi connectivity index (χ1v) is 8.22. The monoisotopic (exact) mass is 333 g/mol. The summed E-state index contributed by atoms with van der Waals surface area (Å²) in [6.07, 6.45) is 2.76. The van der Waals surface area contributed by atoms with Gasteiger partial charge < -0.3 is 15.5 Å². The molecule has 0 saturated heterocycles. The molecule has 0 unspecified atom stereocenters. The summed E-state index contributed by atoms with van der Waals surface area (Å²) in [5, 5.41) is 5.59. The lowest BCUT2D eigenvalue weighted by Gasteiger charge is -2.10. The normalized spacial score (nSPS) is 10.1. The van der Waals surface area contributed by atoms with Crippen molar-refractivity contribution >= 4 is 17.7 Å². The fourth-order valence-corrected chi connectivity index (χ4v) is 2.16. The maximum atomic E-state index is 11.8. The lowest BCUT2D eigenvalue weighted by molar-refractivity contribution is -0.121. The SMILES string of the molecule is CC(=O)NCCCCNC(=O)CCc1ccc(C(=O)N(C)C)cc1. The summed E-state index contributed by atoms with van der Waals surface area (Å²) in [5.41, 5.74) is 1.68. The lowest BCUT2D eigenvalue weighted by Crippen LogP contribution is -2.26. The minimum atomic E-state index is -0.0302. The van der Waals surface area contributed by atoms with Gasteiger partial charge >= 0.3 is 0 Å². The Morgan fingerprint density at radius 1 is 0.958 bits per heavy atom. The van der Waals surface area contributed by atoms with Crippen LogP contribution in [0, 0.1) is 0 Å². The van der Waals surface area contributed by atoms with Crippen LogP contribution in [0.15, 0.2) is 24.3 Å². The molecule has 6 nitrogen and oxygen atoms in total. The maximum Gasteiger partial charge on any atom is 0.253 e. The molecule has 0 radical (unpaired) electrons. The molecule has 1 aromatic rings. The van der Waals surface area contributed by atoms with Crippen LogP contribution in [-0.4, -0.2) is 49.8 Å². The number of aryl methyl sites for hydroxylation is 1. The Bertz CT molecular complexity index is 553.